The van der Waals surface area contributed by atoms with Gasteiger partial charge in [-0.3, -0.25) is 9.67 Å². The Balaban J connectivity index is 1.75. The minimum Gasteiger partial charge on any atom is -0.307 e. The van der Waals surface area contributed by atoms with E-state index in [0.29, 0.717) is 0 Å². The lowest BCUT2D eigenvalue weighted by molar-refractivity contribution is 0.630. The fourth-order valence-corrected chi connectivity index (χ4v) is 2.58. The number of pyridine rings is 1. The second-order valence-electron chi connectivity index (χ2n) is 5.19. The first kappa shape index (κ1) is 13.8. The minimum atomic E-state index is 0.773. The van der Waals surface area contributed by atoms with E-state index in [1.165, 1.54) is 22.0 Å². The van der Waals surface area contributed by atoms with Gasteiger partial charge in [-0.2, -0.15) is 5.10 Å². The Morgan fingerprint density at radius 2 is 2.00 bits per heavy atom. The topological polar surface area (TPSA) is 42.7 Å². The lowest BCUT2D eigenvalue weighted by Gasteiger charge is -2.06. The number of hydrogen-bond donors (Lipinski definition) is 1. The molecule has 0 atom stereocenters. The molecule has 3 rings (SSSR count). The van der Waals surface area contributed by atoms with Gasteiger partial charge in [0, 0.05) is 37.4 Å². The van der Waals surface area contributed by atoms with E-state index in [2.05, 4.69) is 59.2 Å². The van der Waals surface area contributed by atoms with E-state index in [9.17, 15) is 0 Å². The number of para-hydroxylation sites is 1. The number of hydrogen-bond acceptors (Lipinski definition) is 3. The maximum Gasteiger partial charge on any atom is 0.0841 e. The number of fused-ring (bicyclic) bond motifs is 1. The molecule has 2 aromatic heterocycles. The molecule has 0 fully saturated rings. The maximum atomic E-state index is 4.70. The molecule has 0 bridgehead atoms. The Morgan fingerprint density at radius 3 is 2.81 bits per heavy atom. The van der Waals surface area contributed by atoms with Gasteiger partial charge < -0.3 is 5.32 Å². The summed E-state index contributed by atoms with van der Waals surface area (Å²) in [6.45, 7) is 6.71. The van der Waals surface area contributed by atoms with E-state index in [1.54, 1.807) is 0 Å². The fourth-order valence-electron chi connectivity index (χ4n) is 2.58. The Kier molecular flexibility index (Phi) is 3.97. The third-order valence-corrected chi connectivity index (χ3v) is 3.78. The van der Waals surface area contributed by atoms with Crippen LogP contribution in [0.2, 0.25) is 0 Å². The average molecular weight is 280 g/mol. The van der Waals surface area contributed by atoms with Crippen LogP contribution in [-0.4, -0.2) is 14.8 Å². The molecule has 1 N–H and O–H groups in total. The normalized spacial score (nSPS) is 11.1. The lowest BCUT2D eigenvalue weighted by Crippen LogP contribution is -2.14. The third kappa shape index (κ3) is 2.81. The van der Waals surface area contributed by atoms with Crippen molar-refractivity contribution < 1.29 is 0 Å². The molecule has 108 valence electrons. The smallest absolute Gasteiger partial charge is 0.0841 e. The number of benzene rings is 1. The quantitative estimate of drug-likeness (QED) is 0.781. The predicted molar refractivity (Wildman–Crippen MR) is 84.9 cm³/mol. The van der Waals surface area contributed by atoms with E-state index in [1.807, 2.05) is 12.4 Å². The molecule has 4 heteroatoms. The molecule has 4 nitrogen and oxygen atoms in total. The molecule has 3 aromatic rings. The number of nitrogens with zero attached hydrogens (tertiary/aromatic N) is 3. The first-order valence-electron chi connectivity index (χ1n) is 7.34. The molecule has 0 aliphatic rings. The zero-order chi connectivity index (χ0) is 14.7. The van der Waals surface area contributed by atoms with Crippen LogP contribution in [0.3, 0.4) is 0 Å². The summed E-state index contributed by atoms with van der Waals surface area (Å²) in [6, 6.07) is 10.5. The van der Waals surface area contributed by atoms with E-state index in [4.69, 9.17) is 5.10 Å². The van der Waals surface area contributed by atoms with Crippen molar-refractivity contribution in [3.63, 3.8) is 0 Å². The molecule has 0 unspecified atom stereocenters. The zero-order valence-corrected chi connectivity index (χ0v) is 12.5. The Morgan fingerprint density at radius 1 is 1.14 bits per heavy atom. The highest BCUT2D eigenvalue weighted by atomic mass is 15.3. The summed E-state index contributed by atoms with van der Waals surface area (Å²) in [6.07, 6.45) is 3.74. The van der Waals surface area contributed by atoms with Crippen molar-refractivity contribution in [3.05, 3.63) is 59.5 Å². The number of rotatable bonds is 5. The SMILES string of the molecule is CCn1nc(CNCc2ccncc2C)c2ccccc21. The molecule has 0 aliphatic carbocycles. The predicted octanol–water partition coefficient (Wildman–Crippen LogP) is 3.05. The molecule has 0 aliphatic heterocycles. The summed E-state index contributed by atoms with van der Waals surface area (Å²) >= 11 is 0. The second-order valence-corrected chi connectivity index (χ2v) is 5.19. The zero-order valence-electron chi connectivity index (χ0n) is 12.5. The van der Waals surface area contributed by atoms with Crippen LogP contribution in [0, 0.1) is 6.92 Å². The summed E-state index contributed by atoms with van der Waals surface area (Å²) in [5, 5.41) is 9.42. The van der Waals surface area contributed by atoms with Gasteiger partial charge in [0.15, 0.2) is 0 Å². The Bertz CT molecular complexity index is 745. The Labute approximate surface area is 124 Å². The second kappa shape index (κ2) is 6.06. The van der Waals surface area contributed by atoms with Crippen molar-refractivity contribution >= 4 is 10.9 Å². The molecule has 0 radical (unpaired) electrons. The number of aryl methyl sites for hydroxylation is 2. The van der Waals surface area contributed by atoms with Crippen molar-refractivity contribution in [1.82, 2.24) is 20.1 Å². The lowest BCUT2D eigenvalue weighted by atomic mass is 10.1. The summed E-state index contributed by atoms with van der Waals surface area (Å²) in [4.78, 5) is 4.12. The fraction of sp³-hybridized carbons (Fsp3) is 0.294. The van der Waals surface area contributed by atoms with E-state index < -0.39 is 0 Å². The van der Waals surface area contributed by atoms with Crippen molar-refractivity contribution in [3.8, 4) is 0 Å². The van der Waals surface area contributed by atoms with E-state index in [0.717, 1.165) is 25.3 Å². The summed E-state index contributed by atoms with van der Waals surface area (Å²) in [7, 11) is 0. The van der Waals surface area contributed by atoms with Crippen LogP contribution < -0.4 is 5.32 Å². The van der Waals surface area contributed by atoms with Crippen molar-refractivity contribution in [1.29, 1.82) is 0 Å². The maximum absolute atomic E-state index is 4.70. The highest BCUT2D eigenvalue weighted by Gasteiger charge is 2.08. The molecular weight excluding hydrogens is 260 g/mol. The molecule has 1 aromatic carbocycles. The van der Waals surface area contributed by atoms with Gasteiger partial charge in [0.25, 0.3) is 0 Å². The van der Waals surface area contributed by atoms with Crippen molar-refractivity contribution in [2.75, 3.05) is 0 Å². The number of aromatic nitrogens is 3. The van der Waals surface area contributed by atoms with Crippen LogP contribution in [-0.2, 0) is 19.6 Å². The van der Waals surface area contributed by atoms with Gasteiger partial charge in [0.1, 0.15) is 0 Å². The van der Waals surface area contributed by atoms with E-state index in [-0.39, 0.29) is 0 Å². The molecule has 2 heterocycles. The van der Waals surface area contributed by atoms with Gasteiger partial charge in [-0.25, -0.2) is 0 Å². The monoisotopic (exact) mass is 280 g/mol. The molecule has 0 spiro atoms. The van der Waals surface area contributed by atoms with Crippen LogP contribution in [0.15, 0.2) is 42.7 Å². The highest BCUT2D eigenvalue weighted by Crippen LogP contribution is 2.18. The molecule has 0 saturated heterocycles. The van der Waals surface area contributed by atoms with Crippen LogP contribution in [0.4, 0.5) is 0 Å². The summed E-state index contributed by atoms with van der Waals surface area (Å²) < 4.78 is 2.06. The van der Waals surface area contributed by atoms with Crippen LogP contribution in [0.1, 0.15) is 23.7 Å². The van der Waals surface area contributed by atoms with Gasteiger partial charge in [0.2, 0.25) is 0 Å². The average Bonchev–Trinajstić information content (AvgIpc) is 2.88. The van der Waals surface area contributed by atoms with Crippen LogP contribution in [0.5, 0.6) is 0 Å². The van der Waals surface area contributed by atoms with Crippen molar-refractivity contribution in [2.24, 2.45) is 0 Å². The van der Waals surface area contributed by atoms with Gasteiger partial charge in [-0.05, 0) is 37.1 Å². The third-order valence-electron chi connectivity index (χ3n) is 3.78. The van der Waals surface area contributed by atoms with Crippen LogP contribution >= 0.6 is 0 Å². The van der Waals surface area contributed by atoms with Gasteiger partial charge in [-0.15, -0.1) is 0 Å². The molecular formula is C17H20N4. The van der Waals surface area contributed by atoms with Crippen LogP contribution in [0.25, 0.3) is 10.9 Å². The first-order valence-corrected chi connectivity index (χ1v) is 7.34. The van der Waals surface area contributed by atoms with E-state index >= 15 is 0 Å². The highest BCUT2D eigenvalue weighted by molar-refractivity contribution is 5.81. The van der Waals surface area contributed by atoms with Crippen molar-refractivity contribution in [2.45, 2.75) is 33.5 Å². The molecule has 0 amide bonds. The molecule has 21 heavy (non-hydrogen) atoms. The van der Waals surface area contributed by atoms with Gasteiger partial charge >= 0.3 is 0 Å². The Hall–Kier alpha value is -2.20. The van der Waals surface area contributed by atoms with Gasteiger partial charge in [0.05, 0.1) is 11.2 Å². The first-order chi connectivity index (χ1) is 10.3. The number of nitrogens with one attached hydrogen (secondary N) is 1. The summed E-state index contributed by atoms with van der Waals surface area (Å²) in [5.41, 5.74) is 4.81. The summed E-state index contributed by atoms with van der Waals surface area (Å²) in [5.74, 6) is 0. The molecule has 0 saturated carbocycles. The standard InChI is InChI=1S/C17H20N4/c1-3-21-17-7-5-4-6-15(17)16(20-21)12-19-11-14-8-9-18-10-13(14)2/h4-10,19H,3,11-12H2,1-2H3. The minimum absolute atomic E-state index is 0.773. The van der Waals surface area contributed by atoms with Gasteiger partial charge in [-0.1, -0.05) is 18.2 Å². The largest absolute Gasteiger partial charge is 0.307 e.